The molecule has 1 amide bonds. The van der Waals surface area contributed by atoms with Crippen LogP contribution in [-0.4, -0.2) is 53.2 Å². The van der Waals surface area contributed by atoms with Crippen LogP contribution in [0.3, 0.4) is 0 Å². The number of likely N-dealkylation sites (tertiary alicyclic amines) is 1. The van der Waals surface area contributed by atoms with Crippen molar-refractivity contribution in [3.8, 4) is 5.75 Å². The van der Waals surface area contributed by atoms with E-state index in [1.54, 1.807) is 31.6 Å². The Morgan fingerprint density at radius 2 is 2.12 bits per heavy atom. The number of aryl methyl sites for hydroxylation is 1. The van der Waals surface area contributed by atoms with Gasteiger partial charge in [0, 0.05) is 37.6 Å². The summed E-state index contributed by atoms with van der Waals surface area (Å²) in [6, 6.07) is 9.15. The van der Waals surface area contributed by atoms with E-state index in [4.69, 9.17) is 4.74 Å². The van der Waals surface area contributed by atoms with Crippen molar-refractivity contribution in [1.29, 1.82) is 0 Å². The van der Waals surface area contributed by atoms with E-state index in [0.717, 1.165) is 18.8 Å². The van der Waals surface area contributed by atoms with Gasteiger partial charge in [0.25, 0.3) is 5.91 Å². The lowest BCUT2D eigenvalue weighted by Gasteiger charge is -2.36. The van der Waals surface area contributed by atoms with Gasteiger partial charge in [-0.15, -0.1) is 0 Å². The molecule has 0 bridgehead atoms. The average Bonchev–Trinajstić information content (AvgIpc) is 2.66. The van der Waals surface area contributed by atoms with Crippen LogP contribution in [0.4, 0.5) is 0 Å². The third-order valence-electron chi connectivity index (χ3n) is 4.87. The van der Waals surface area contributed by atoms with E-state index >= 15 is 0 Å². The van der Waals surface area contributed by atoms with Gasteiger partial charge in [-0.1, -0.05) is 6.07 Å². The Morgan fingerprint density at radius 3 is 2.77 bits per heavy atom. The van der Waals surface area contributed by atoms with Crippen LogP contribution in [0, 0.1) is 6.92 Å². The minimum absolute atomic E-state index is 0.170. The fraction of sp³-hybridized carbons (Fsp3) is 0.400. The molecule has 6 nitrogen and oxygen atoms in total. The summed E-state index contributed by atoms with van der Waals surface area (Å²) in [6.45, 7) is 4.20. The third-order valence-corrected chi connectivity index (χ3v) is 4.87. The fourth-order valence-electron chi connectivity index (χ4n) is 3.28. The number of methoxy groups -OCH3 is 1. The first kappa shape index (κ1) is 18.4. The van der Waals surface area contributed by atoms with Crippen LogP contribution in [0.5, 0.6) is 5.75 Å². The number of nitrogens with zero attached hydrogens (tertiary/aromatic N) is 2. The van der Waals surface area contributed by atoms with Crippen molar-refractivity contribution in [1.82, 2.24) is 15.2 Å². The van der Waals surface area contributed by atoms with Gasteiger partial charge in [0.05, 0.1) is 19.3 Å². The minimum atomic E-state index is -0.590. The number of hydrogen-bond acceptors (Lipinski definition) is 5. The van der Waals surface area contributed by atoms with Gasteiger partial charge in [0.1, 0.15) is 5.75 Å². The molecular weight excluding hydrogens is 330 g/mol. The van der Waals surface area contributed by atoms with E-state index in [9.17, 15) is 9.90 Å². The van der Waals surface area contributed by atoms with Crippen LogP contribution in [-0.2, 0) is 6.54 Å². The molecule has 2 aromatic rings. The van der Waals surface area contributed by atoms with Crippen LogP contribution < -0.4 is 10.1 Å². The second kappa shape index (κ2) is 8.29. The number of hydrogen-bond donors (Lipinski definition) is 2. The van der Waals surface area contributed by atoms with Crippen molar-refractivity contribution < 1.29 is 14.6 Å². The zero-order valence-electron chi connectivity index (χ0n) is 15.2. The molecule has 2 heterocycles. The Kier molecular flexibility index (Phi) is 5.85. The van der Waals surface area contributed by atoms with E-state index in [-0.39, 0.29) is 11.9 Å². The van der Waals surface area contributed by atoms with E-state index in [1.807, 2.05) is 12.1 Å². The molecule has 1 saturated heterocycles. The number of aliphatic hydroxyl groups is 1. The molecular formula is C20H25N3O3. The Labute approximate surface area is 153 Å². The monoisotopic (exact) mass is 355 g/mol. The summed E-state index contributed by atoms with van der Waals surface area (Å²) < 4.78 is 5.25. The van der Waals surface area contributed by atoms with E-state index in [0.29, 0.717) is 18.5 Å². The van der Waals surface area contributed by atoms with E-state index in [2.05, 4.69) is 28.2 Å². The molecule has 0 spiro atoms. The largest absolute Gasteiger partial charge is 0.497 e. The van der Waals surface area contributed by atoms with Gasteiger partial charge in [0.15, 0.2) is 0 Å². The number of carbonyl (C=O) groups excluding carboxylic acids is 1. The molecule has 0 radical (unpaired) electrons. The first-order valence-corrected chi connectivity index (χ1v) is 8.81. The second-order valence-corrected chi connectivity index (χ2v) is 6.70. The Balaban J connectivity index is 1.56. The number of rotatable bonds is 5. The number of nitrogens with one attached hydrogen (secondary N) is 1. The summed E-state index contributed by atoms with van der Waals surface area (Å²) in [5, 5.41) is 13.4. The quantitative estimate of drug-likeness (QED) is 0.855. The number of pyridine rings is 1. The predicted molar refractivity (Wildman–Crippen MR) is 99.1 cm³/mol. The number of carbonyl (C=O) groups is 1. The first-order valence-electron chi connectivity index (χ1n) is 8.81. The lowest BCUT2D eigenvalue weighted by molar-refractivity contribution is 0.0349. The molecule has 1 aliphatic rings. The maximum absolute atomic E-state index is 12.3. The maximum Gasteiger partial charge on any atom is 0.251 e. The smallest absolute Gasteiger partial charge is 0.251 e. The van der Waals surface area contributed by atoms with Gasteiger partial charge < -0.3 is 15.2 Å². The molecule has 0 saturated carbocycles. The number of amides is 1. The molecule has 1 aliphatic heterocycles. The first-order chi connectivity index (χ1) is 12.6. The summed E-state index contributed by atoms with van der Waals surface area (Å²) in [4.78, 5) is 18.4. The van der Waals surface area contributed by atoms with Gasteiger partial charge in [-0.05, 0) is 48.7 Å². The number of benzene rings is 1. The van der Waals surface area contributed by atoms with Crippen molar-refractivity contribution in [3.05, 3.63) is 59.4 Å². The van der Waals surface area contributed by atoms with E-state index in [1.165, 1.54) is 11.1 Å². The Hall–Kier alpha value is -2.44. The number of ether oxygens (including phenoxy) is 1. The summed E-state index contributed by atoms with van der Waals surface area (Å²) in [5.74, 6) is 0.680. The van der Waals surface area contributed by atoms with Crippen LogP contribution in [0.25, 0.3) is 0 Å². The molecule has 3 rings (SSSR count). The summed E-state index contributed by atoms with van der Waals surface area (Å²) >= 11 is 0. The SMILES string of the molecule is COc1ccc(CN2CC[C@@H](NC(=O)c3ccncc3)[C@H](O)C2)c(C)c1. The van der Waals surface area contributed by atoms with Crippen LogP contribution in [0.1, 0.15) is 27.9 Å². The normalized spacial score (nSPS) is 20.6. The topological polar surface area (TPSA) is 74.7 Å². The number of piperidine rings is 1. The third kappa shape index (κ3) is 4.39. The Morgan fingerprint density at radius 1 is 1.35 bits per heavy atom. The highest BCUT2D eigenvalue weighted by molar-refractivity contribution is 5.94. The zero-order valence-corrected chi connectivity index (χ0v) is 15.2. The highest BCUT2D eigenvalue weighted by Crippen LogP contribution is 2.20. The standard InChI is InChI=1S/C20H25N3O3/c1-14-11-17(26-2)4-3-16(14)12-23-10-7-18(19(24)13-23)22-20(25)15-5-8-21-9-6-15/h3-6,8-9,11,18-19,24H,7,10,12-13H2,1-2H3,(H,22,25)/t18-,19-/m1/s1. The van der Waals surface area contributed by atoms with Crippen molar-refractivity contribution in [2.75, 3.05) is 20.2 Å². The average molecular weight is 355 g/mol. The number of aromatic nitrogens is 1. The van der Waals surface area contributed by atoms with Gasteiger partial charge in [-0.3, -0.25) is 14.7 Å². The summed E-state index contributed by atoms with van der Waals surface area (Å²) in [7, 11) is 1.66. The molecule has 0 aliphatic carbocycles. The summed E-state index contributed by atoms with van der Waals surface area (Å²) in [6.07, 6.45) is 3.30. The molecule has 1 fully saturated rings. The molecule has 138 valence electrons. The molecule has 26 heavy (non-hydrogen) atoms. The second-order valence-electron chi connectivity index (χ2n) is 6.70. The fourth-order valence-corrected chi connectivity index (χ4v) is 3.28. The van der Waals surface area contributed by atoms with Gasteiger partial charge >= 0.3 is 0 Å². The van der Waals surface area contributed by atoms with Crippen LogP contribution >= 0.6 is 0 Å². The van der Waals surface area contributed by atoms with Crippen molar-refractivity contribution in [2.24, 2.45) is 0 Å². The zero-order chi connectivity index (χ0) is 18.5. The van der Waals surface area contributed by atoms with Gasteiger partial charge in [-0.25, -0.2) is 0 Å². The minimum Gasteiger partial charge on any atom is -0.497 e. The Bertz CT molecular complexity index is 751. The van der Waals surface area contributed by atoms with Crippen molar-refractivity contribution >= 4 is 5.91 Å². The lowest BCUT2D eigenvalue weighted by atomic mass is 10.00. The molecule has 2 N–H and O–H groups in total. The number of β-amino-alcohol motifs (C(OH)–C–C–N with tert-alkyl or cyclic N) is 1. The van der Waals surface area contributed by atoms with Gasteiger partial charge in [0.2, 0.25) is 0 Å². The van der Waals surface area contributed by atoms with E-state index < -0.39 is 6.10 Å². The molecule has 2 atom stereocenters. The molecule has 6 heteroatoms. The van der Waals surface area contributed by atoms with Crippen LogP contribution in [0.15, 0.2) is 42.7 Å². The van der Waals surface area contributed by atoms with Crippen LogP contribution in [0.2, 0.25) is 0 Å². The van der Waals surface area contributed by atoms with Crippen molar-refractivity contribution in [2.45, 2.75) is 32.0 Å². The van der Waals surface area contributed by atoms with Crippen molar-refractivity contribution in [3.63, 3.8) is 0 Å². The predicted octanol–water partition coefficient (Wildman–Crippen LogP) is 1.76. The molecule has 1 aromatic heterocycles. The highest BCUT2D eigenvalue weighted by Gasteiger charge is 2.29. The molecule has 1 aromatic carbocycles. The lowest BCUT2D eigenvalue weighted by Crippen LogP contribution is -2.53. The summed E-state index contributed by atoms with van der Waals surface area (Å²) in [5.41, 5.74) is 2.95. The highest BCUT2D eigenvalue weighted by atomic mass is 16.5. The maximum atomic E-state index is 12.3. The number of aliphatic hydroxyl groups excluding tert-OH is 1. The van der Waals surface area contributed by atoms with Gasteiger partial charge in [-0.2, -0.15) is 0 Å². The molecule has 0 unspecified atom stereocenters.